The van der Waals surface area contributed by atoms with Gasteiger partial charge >= 0.3 is 0 Å². The number of piperidine rings is 1. The average molecular weight is 340 g/mol. The van der Waals surface area contributed by atoms with E-state index in [2.05, 4.69) is 9.97 Å². The van der Waals surface area contributed by atoms with Crippen molar-refractivity contribution in [2.75, 3.05) is 32.5 Å². The molecule has 0 aliphatic carbocycles. The van der Waals surface area contributed by atoms with E-state index in [4.69, 9.17) is 4.74 Å². The van der Waals surface area contributed by atoms with Crippen LogP contribution in [-0.4, -0.2) is 72.0 Å². The smallest absolute Gasteiger partial charge is 0.274 e. The zero-order valence-electron chi connectivity index (χ0n) is 13.0. The largest absolute Gasteiger partial charge is 0.480 e. The molecule has 3 heterocycles. The molecule has 3 rings (SSSR count). The quantitative estimate of drug-likeness (QED) is 0.776. The Labute approximate surface area is 135 Å². The van der Waals surface area contributed by atoms with Crippen LogP contribution in [0.15, 0.2) is 12.4 Å². The molecule has 0 radical (unpaired) electrons. The Bertz CT molecular complexity index is 694. The maximum absolute atomic E-state index is 12.6. The Morgan fingerprint density at radius 3 is 2.83 bits per heavy atom. The molecule has 8 nitrogen and oxygen atoms in total. The van der Waals surface area contributed by atoms with Crippen LogP contribution in [-0.2, 0) is 10.0 Å². The van der Waals surface area contributed by atoms with Crippen molar-refractivity contribution in [1.29, 1.82) is 0 Å². The summed E-state index contributed by atoms with van der Waals surface area (Å²) in [6.07, 6.45) is 5.06. The van der Waals surface area contributed by atoms with Gasteiger partial charge in [0.05, 0.1) is 25.3 Å². The first kappa shape index (κ1) is 16.1. The lowest BCUT2D eigenvalue weighted by Gasteiger charge is -2.36. The molecule has 1 unspecified atom stereocenters. The SMILES string of the molecule is COc1cncc(C(=O)N2CCCC(N3CCCS3(=O)=O)C2)n1. The van der Waals surface area contributed by atoms with Gasteiger partial charge in [-0.15, -0.1) is 0 Å². The predicted octanol–water partition coefficient (Wildman–Crippen LogP) is 0.125. The van der Waals surface area contributed by atoms with Gasteiger partial charge in [0.1, 0.15) is 0 Å². The third-order valence-corrected chi connectivity index (χ3v) is 6.27. The van der Waals surface area contributed by atoms with Crippen molar-refractivity contribution in [3.05, 3.63) is 18.1 Å². The van der Waals surface area contributed by atoms with Gasteiger partial charge < -0.3 is 9.64 Å². The fourth-order valence-electron chi connectivity index (χ4n) is 3.15. The molecule has 126 valence electrons. The van der Waals surface area contributed by atoms with Gasteiger partial charge in [-0.25, -0.2) is 13.4 Å². The lowest BCUT2D eigenvalue weighted by molar-refractivity contribution is 0.0651. The van der Waals surface area contributed by atoms with E-state index >= 15 is 0 Å². The molecule has 2 aliphatic heterocycles. The maximum Gasteiger partial charge on any atom is 0.274 e. The minimum atomic E-state index is -3.16. The molecule has 0 saturated carbocycles. The zero-order chi connectivity index (χ0) is 16.4. The molecule has 0 spiro atoms. The highest BCUT2D eigenvalue weighted by Crippen LogP contribution is 2.24. The summed E-state index contributed by atoms with van der Waals surface area (Å²) in [5.41, 5.74) is 0.217. The van der Waals surface area contributed by atoms with Crippen molar-refractivity contribution in [1.82, 2.24) is 19.2 Å². The van der Waals surface area contributed by atoms with Crippen LogP contribution in [0.25, 0.3) is 0 Å². The van der Waals surface area contributed by atoms with Gasteiger partial charge in [0.2, 0.25) is 15.9 Å². The van der Waals surface area contributed by atoms with Crippen LogP contribution in [0, 0.1) is 0 Å². The summed E-state index contributed by atoms with van der Waals surface area (Å²) in [6, 6.07) is -0.140. The molecule has 9 heteroatoms. The second kappa shape index (κ2) is 6.40. The Balaban J connectivity index is 1.74. The van der Waals surface area contributed by atoms with E-state index in [-0.39, 0.29) is 29.3 Å². The lowest BCUT2D eigenvalue weighted by atomic mass is 10.1. The fraction of sp³-hybridized carbons (Fsp3) is 0.643. The summed E-state index contributed by atoms with van der Waals surface area (Å²) in [5.74, 6) is 0.253. The van der Waals surface area contributed by atoms with Gasteiger partial charge in [0.15, 0.2) is 5.69 Å². The molecular weight excluding hydrogens is 320 g/mol. The van der Waals surface area contributed by atoms with Crippen LogP contribution in [0.5, 0.6) is 5.88 Å². The average Bonchev–Trinajstić information content (AvgIpc) is 2.93. The van der Waals surface area contributed by atoms with E-state index in [1.165, 1.54) is 19.5 Å². The molecule has 1 atom stereocenters. The van der Waals surface area contributed by atoms with Gasteiger partial charge in [-0.1, -0.05) is 0 Å². The summed E-state index contributed by atoms with van der Waals surface area (Å²) in [7, 11) is -1.70. The second-order valence-corrected chi connectivity index (χ2v) is 7.82. The monoisotopic (exact) mass is 340 g/mol. The van der Waals surface area contributed by atoms with Crippen LogP contribution >= 0.6 is 0 Å². The van der Waals surface area contributed by atoms with Crippen molar-refractivity contribution in [2.24, 2.45) is 0 Å². The normalized spacial score (nSPS) is 24.6. The number of sulfonamides is 1. The fourth-order valence-corrected chi connectivity index (χ4v) is 4.92. The predicted molar refractivity (Wildman–Crippen MR) is 82.6 cm³/mol. The topological polar surface area (TPSA) is 92.7 Å². The van der Waals surface area contributed by atoms with E-state index in [0.717, 1.165) is 12.8 Å². The third-order valence-electron chi connectivity index (χ3n) is 4.27. The van der Waals surface area contributed by atoms with Gasteiger partial charge in [0.25, 0.3) is 5.91 Å². The molecule has 23 heavy (non-hydrogen) atoms. The number of aromatic nitrogens is 2. The summed E-state index contributed by atoms with van der Waals surface area (Å²) in [5, 5.41) is 0. The summed E-state index contributed by atoms with van der Waals surface area (Å²) in [6.45, 7) is 1.55. The number of carbonyl (C=O) groups is 1. The number of amides is 1. The highest BCUT2D eigenvalue weighted by atomic mass is 32.2. The molecule has 0 N–H and O–H groups in total. The van der Waals surface area contributed by atoms with Crippen molar-refractivity contribution < 1.29 is 17.9 Å². The first-order valence-electron chi connectivity index (χ1n) is 7.66. The number of rotatable bonds is 3. The summed E-state index contributed by atoms with van der Waals surface area (Å²) < 4.78 is 30.7. The second-order valence-electron chi connectivity index (χ2n) is 5.77. The van der Waals surface area contributed by atoms with E-state index in [1.807, 2.05) is 0 Å². The molecule has 2 fully saturated rings. The molecule has 2 aliphatic rings. The Morgan fingerprint density at radius 1 is 1.30 bits per heavy atom. The van der Waals surface area contributed by atoms with Crippen LogP contribution in [0.2, 0.25) is 0 Å². The minimum absolute atomic E-state index is 0.140. The number of methoxy groups -OCH3 is 1. The van der Waals surface area contributed by atoms with E-state index in [0.29, 0.717) is 26.1 Å². The minimum Gasteiger partial charge on any atom is -0.480 e. The highest BCUT2D eigenvalue weighted by molar-refractivity contribution is 7.89. The molecule has 0 bridgehead atoms. The van der Waals surface area contributed by atoms with Crippen molar-refractivity contribution >= 4 is 15.9 Å². The zero-order valence-corrected chi connectivity index (χ0v) is 13.8. The Hall–Kier alpha value is -1.74. The van der Waals surface area contributed by atoms with Gasteiger partial charge in [-0.3, -0.25) is 9.78 Å². The van der Waals surface area contributed by atoms with Gasteiger partial charge in [-0.05, 0) is 19.3 Å². The Morgan fingerprint density at radius 2 is 2.13 bits per heavy atom. The first-order chi connectivity index (χ1) is 11.0. The highest BCUT2D eigenvalue weighted by Gasteiger charge is 2.37. The number of hydrogen-bond donors (Lipinski definition) is 0. The number of likely N-dealkylation sites (tertiary alicyclic amines) is 1. The number of ether oxygens (including phenoxy) is 1. The van der Waals surface area contributed by atoms with E-state index < -0.39 is 10.0 Å². The van der Waals surface area contributed by atoms with E-state index in [9.17, 15) is 13.2 Å². The number of hydrogen-bond acceptors (Lipinski definition) is 6. The number of nitrogens with zero attached hydrogens (tertiary/aromatic N) is 4. The lowest BCUT2D eigenvalue weighted by Crippen LogP contribution is -2.50. The van der Waals surface area contributed by atoms with E-state index in [1.54, 1.807) is 9.21 Å². The van der Waals surface area contributed by atoms with Crippen LogP contribution in [0.1, 0.15) is 29.8 Å². The number of carbonyl (C=O) groups excluding carboxylic acids is 1. The van der Waals surface area contributed by atoms with Crippen molar-refractivity contribution in [2.45, 2.75) is 25.3 Å². The maximum atomic E-state index is 12.6. The molecule has 0 aromatic carbocycles. The molecule has 1 aromatic heterocycles. The summed E-state index contributed by atoms with van der Waals surface area (Å²) >= 11 is 0. The van der Waals surface area contributed by atoms with Crippen LogP contribution in [0.4, 0.5) is 0 Å². The van der Waals surface area contributed by atoms with Crippen LogP contribution < -0.4 is 4.74 Å². The molecular formula is C14H20N4O4S. The third kappa shape index (κ3) is 3.30. The van der Waals surface area contributed by atoms with Crippen molar-refractivity contribution in [3.8, 4) is 5.88 Å². The molecule has 1 aromatic rings. The Kier molecular flexibility index (Phi) is 4.49. The molecule has 2 saturated heterocycles. The van der Waals surface area contributed by atoms with Crippen LogP contribution in [0.3, 0.4) is 0 Å². The molecule has 1 amide bonds. The van der Waals surface area contributed by atoms with Gasteiger partial charge in [0, 0.05) is 25.7 Å². The summed E-state index contributed by atoms with van der Waals surface area (Å²) in [4.78, 5) is 22.3. The van der Waals surface area contributed by atoms with Gasteiger partial charge in [-0.2, -0.15) is 4.31 Å². The first-order valence-corrected chi connectivity index (χ1v) is 9.27. The van der Waals surface area contributed by atoms with Crippen molar-refractivity contribution in [3.63, 3.8) is 0 Å². The standard InChI is InChI=1S/C14H20N4O4S/c1-22-13-9-15-8-12(16-13)14(19)17-5-2-4-11(10-17)18-6-3-7-23(18,20)21/h8-9,11H,2-7,10H2,1H3.